The third-order valence-electron chi connectivity index (χ3n) is 5.70. The number of phenolic OH excluding ortho intramolecular Hbond substituents is 1. The van der Waals surface area contributed by atoms with Gasteiger partial charge in [0.25, 0.3) is 5.91 Å². The van der Waals surface area contributed by atoms with Gasteiger partial charge in [-0.3, -0.25) is 4.79 Å². The Hall–Kier alpha value is -3.84. The summed E-state index contributed by atoms with van der Waals surface area (Å²) in [5.74, 6) is -0.235. The molecule has 0 saturated carbocycles. The first-order valence-corrected chi connectivity index (χ1v) is 11.4. The SMILES string of the molecule is O=C(N[C@@H]1CNCCC[C@H]1OC(=O)c1ccccc1OCc1ccccc1)c1ccc(O)cc1. The normalized spacial score (nSPS) is 17.9. The fourth-order valence-corrected chi connectivity index (χ4v) is 3.87. The van der Waals surface area contributed by atoms with E-state index < -0.39 is 18.1 Å². The maximum atomic E-state index is 13.1. The van der Waals surface area contributed by atoms with Crippen LogP contribution in [-0.4, -0.2) is 42.2 Å². The van der Waals surface area contributed by atoms with E-state index >= 15 is 0 Å². The maximum absolute atomic E-state index is 13.1. The summed E-state index contributed by atoms with van der Waals surface area (Å²) in [5, 5.41) is 15.7. The fraction of sp³-hybridized carbons (Fsp3) is 0.259. The number of nitrogens with one attached hydrogen (secondary N) is 2. The Morgan fingerprint density at radius 3 is 2.50 bits per heavy atom. The summed E-state index contributed by atoms with van der Waals surface area (Å²) in [6.45, 7) is 1.59. The lowest BCUT2D eigenvalue weighted by Crippen LogP contribution is -2.49. The van der Waals surface area contributed by atoms with Crippen molar-refractivity contribution in [3.63, 3.8) is 0 Å². The average Bonchev–Trinajstić information content (AvgIpc) is 3.08. The molecule has 1 saturated heterocycles. The molecule has 1 heterocycles. The molecule has 3 aromatic rings. The number of carbonyl (C=O) groups is 2. The van der Waals surface area contributed by atoms with Crippen LogP contribution < -0.4 is 15.4 Å². The number of benzene rings is 3. The maximum Gasteiger partial charge on any atom is 0.342 e. The third-order valence-corrected chi connectivity index (χ3v) is 5.70. The highest BCUT2D eigenvalue weighted by atomic mass is 16.5. The van der Waals surface area contributed by atoms with Crippen molar-refractivity contribution in [2.24, 2.45) is 0 Å². The Kier molecular flexibility index (Phi) is 7.78. The molecule has 1 amide bonds. The zero-order chi connectivity index (χ0) is 23.8. The first kappa shape index (κ1) is 23.3. The quantitative estimate of drug-likeness (QED) is 0.466. The Bertz CT molecular complexity index is 1100. The first-order chi connectivity index (χ1) is 16.6. The van der Waals surface area contributed by atoms with Crippen LogP contribution in [0.3, 0.4) is 0 Å². The number of esters is 1. The van der Waals surface area contributed by atoms with E-state index in [4.69, 9.17) is 9.47 Å². The van der Waals surface area contributed by atoms with Crippen molar-refractivity contribution in [2.75, 3.05) is 13.1 Å². The molecule has 0 aromatic heterocycles. The van der Waals surface area contributed by atoms with Gasteiger partial charge in [-0.1, -0.05) is 42.5 Å². The van der Waals surface area contributed by atoms with Gasteiger partial charge in [0.1, 0.15) is 29.8 Å². The highest BCUT2D eigenvalue weighted by molar-refractivity contribution is 5.95. The average molecular weight is 461 g/mol. The van der Waals surface area contributed by atoms with E-state index in [1.807, 2.05) is 36.4 Å². The molecule has 3 N–H and O–H groups in total. The number of phenols is 1. The Morgan fingerprint density at radius 2 is 1.71 bits per heavy atom. The van der Waals surface area contributed by atoms with Crippen LogP contribution >= 0.6 is 0 Å². The molecule has 1 fully saturated rings. The molecule has 4 rings (SSSR count). The van der Waals surface area contributed by atoms with Gasteiger partial charge in [-0.15, -0.1) is 0 Å². The molecular weight excluding hydrogens is 432 g/mol. The van der Waals surface area contributed by atoms with Gasteiger partial charge in [-0.25, -0.2) is 4.79 Å². The van der Waals surface area contributed by atoms with Crippen LogP contribution in [0.4, 0.5) is 0 Å². The standard InChI is InChI=1S/C27H28N2O5/c30-21-14-12-20(13-15-21)26(31)29-23-17-28-16-6-11-25(23)34-27(32)22-9-4-5-10-24(22)33-18-19-7-2-1-3-8-19/h1-5,7-10,12-15,23,25,28,30H,6,11,16-18H2,(H,29,31)/t23-,25-/m1/s1. The highest BCUT2D eigenvalue weighted by Gasteiger charge is 2.30. The number of hydrogen-bond donors (Lipinski definition) is 3. The minimum Gasteiger partial charge on any atom is -0.508 e. The summed E-state index contributed by atoms with van der Waals surface area (Å²) in [5.41, 5.74) is 1.77. The van der Waals surface area contributed by atoms with Gasteiger partial charge in [0.2, 0.25) is 0 Å². The van der Waals surface area contributed by atoms with E-state index in [9.17, 15) is 14.7 Å². The number of rotatable bonds is 7. The molecule has 3 aromatic carbocycles. The molecule has 34 heavy (non-hydrogen) atoms. The first-order valence-electron chi connectivity index (χ1n) is 11.4. The van der Waals surface area contributed by atoms with Crippen molar-refractivity contribution < 1.29 is 24.2 Å². The lowest BCUT2D eigenvalue weighted by atomic mass is 10.1. The van der Waals surface area contributed by atoms with Crippen LogP contribution in [0.15, 0.2) is 78.9 Å². The number of amides is 1. The molecule has 0 radical (unpaired) electrons. The number of carbonyl (C=O) groups excluding carboxylic acids is 2. The smallest absolute Gasteiger partial charge is 0.342 e. The van der Waals surface area contributed by atoms with Crippen molar-refractivity contribution in [2.45, 2.75) is 31.6 Å². The monoisotopic (exact) mass is 460 g/mol. The molecule has 1 aliphatic heterocycles. The van der Waals surface area contributed by atoms with Gasteiger partial charge in [0, 0.05) is 12.1 Å². The van der Waals surface area contributed by atoms with E-state index in [0.717, 1.165) is 18.5 Å². The van der Waals surface area contributed by atoms with Gasteiger partial charge in [0.15, 0.2) is 0 Å². The molecular formula is C27H28N2O5. The summed E-state index contributed by atoms with van der Waals surface area (Å²) in [7, 11) is 0. The van der Waals surface area contributed by atoms with Crippen molar-refractivity contribution in [1.82, 2.24) is 10.6 Å². The van der Waals surface area contributed by atoms with Crippen LogP contribution in [-0.2, 0) is 11.3 Å². The van der Waals surface area contributed by atoms with E-state index in [-0.39, 0.29) is 11.7 Å². The number of aromatic hydroxyl groups is 1. The molecule has 7 heteroatoms. The number of hydrogen-bond acceptors (Lipinski definition) is 6. The van der Waals surface area contributed by atoms with Crippen molar-refractivity contribution >= 4 is 11.9 Å². The summed E-state index contributed by atoms with van der Waals surface area (Å²) < 4.78 is 11.8. The van der Waals surface area contributed by atoms with Gasteiger partial charge in [0.05, 0.1) is 6.04 Å². The topological polar surface area (TPSA) is 96.9 Å². The van der Waals surface area contributed by atoms with Crippen molar-refractivity contribution in [3.8, 4) is 11.5 Å². The zero-order valence-corrected chi connectivity index (χ0v) is 18.8. The second-order valence-corrected chi connectivity index (χ2v) is 8.19. The highest BCUT2D eigenvalue weighted by Crippen LogP contribution is 2.23. The lowest BCUT2D eigenvalue weighted by Gasteiger charge is -2.26. The van der Waals surface area contributed by atoms with Gasteiger partial charge >= 0.3 is 5.97 Å². The molecule has 176 valence electrons. The molecule has 7 nitrogen and oxygen atoms in total. The van der Waals surface area contributed by atoms with Gasteiger partial charge < -0.3 is 25.2 Å². The minimum absolute atomic E-state index is 0.0904. The van der Waals surface area contributed by atoms with Gasteiger partial charge in [-0.05, 0) is 61.3 Å². The Morgan fingerprint density at radius 1 is 0.971 bits per heavy atom. The van der Waals surface area contributed by atoms with E-state index in [0.29, 0.717) is 36.4 Å². The summed E-state index contributed by atoms with van der Waals surface area (Å²) in [6.07, 6.45) is 0.938. The summed E-state index contributed by atoms with van der Waals surface area (Å²) in [6, 6.07) is 22.4. The minimum atomic E-state index is -0.495. The Balaban J connectivity index is 1.44. The van der Waals surface area contributed by atoms with E-state index in [1.165, 1.54) is 12.1 Å². The molecule has 2 atom stereocenters. The predicted octanol–water partition coefficient (Wildman–Crippen LogP) is 3.68. The second-order valence-electron chi connectivity index (χ2n) is 8.19. The second kappa shape index (κ2) is 11.3. The molecule has 1 aliphatic rings. The zero-order valence-electron chi connectivity index (χ0n) is 18.8. The largest absolute Gasteiger partial charge is 0.508 e. The van der Waals surface area contributed by atoms with Crippen LogP contribution in [0.1, 0.15) is 39.1 Å². The molecule has 0 aliphatic carbocycles. The van der Waals surface area contributed by atoms with Crippen molar-refractivity contribution in [3.05, 3.63) is 95.6 Å². The van der Waals surface area contributed by atoms with Crippen LogP contribution in [0, 0.1) is 0 Å². The van der Waals surface area contributed by atoms with Crippen LogP contribution in [0.25, 0.3) is 0 Å². The fourth-order valence-electron chi connectivity index (χ4n) is 3.87. The molecule has 0 bridgehead atoms. The van der Waals surface area contributed by atoms with E-state index in [2.05, 4.69) is 10.6 Å². The third kappa shape index (κ3) is 6.14. The summed E-state index contributed by atoms with van der Waals surface area (Å²) in [4.78, 5) is 25.9. The summed E-state index contributed by atoms with van der Waals surface area (Å²) >= 11 is 0. The number of para-hydroxylation sites is 1. The van der Waals surface area contributed by atoms with Gasteiger partial charge in [-0.2, -0.15) is 0 Å². The Labute approximate surface area is 198 Å². The van der Waals surface area contributed by atoms with E-state index in [1.54, 1.807) is 30.3 Å². The molecule has 0 unspecified atom stereocenters. The molecule has 0 spiro atoms. The predicted molar refractivity (Wildman–Crippen MR) is 128 cm³/mol. The van der Waals surface area contributed by atoms with Crippen molar-refractivity contribution in [1.29, 1.82) is 0 Å². The number of ether oxygens (including phenoxy) is 2. The lowest BCUT2D eigenvalue weighted by molar-refractivity contribution is 0.0187. The van der Waals surface area contributed by atoms with Crippen LogP contribution in [0.2, 0.25) is 0 Å². The van der Waals surface area contributed by atoms with Crippen LogP contribution in [0.5, 0.6) is 11.5 Å².